The van der Waals surface area contributed by atoms with Crippen LogP contribution in [0.2, 0.25) is 0 Å². The first kappa shape index (κ1) is 21.0. The van der Waals surface area contributed by atoms with Crippen molar-refractivity contribution in [3.05, 3.63) is 51.5 Å². The molecule has 8 heteroatoms. The molecule has 3 heterocycles. The van der Waals surface area contributed by atoms with E-state index in [9.17, 15) is 9.59 Å². The molecule has 0 bridgehead atoms. The first-order chi connectivity index (χ1) is 14.5. The van der Waals surface area contributed by atoms with Gasteiger partial charge in [-0.05, 0) is 18.1 Å². The molecule has 1 aromatic carbocycles. The number of carbonyl (C=O) groups excluding carboxylic acids is 2. The van der Waals surface area contributed by atoms with Gasteiger partial charge in [0.15, 0.2) is 0 Å². The number of aromatic nitrogens is 1. The number of rotatable bonds is 5. The number of hydrogen-bond acceptors (Lipinski definition) is 7. The van der Waals surface area contributed by atoms with Crippen molar-refractivity contribution in [3.63, 3.8) is 0 Å². The summed E-state index contributed by atoms with van der Waals surface area (Å²) in [5.74, 6) is -0.357. The maximum Gasteiger partial charge on any atom is 0.328 e. The molecule has 1 saturated heterocycles. The minimum atomic E-state index is -0.549. The molecule has 1 atom stereocenters. The zero-order valence-electron chi connectivity index (χ0n) is 17.5. The van der Waals surface area contributed by atoms with Gasteiger partial charge in [-0.3, -0.25) is 14.6 Å². The van der Waals surface area contributed by atoms with Crippen LogP contribution in [-0.2, 0) is 33.8 Å². The van der Waals surface area contributed by atoms with E-state index in [1.807, 2.05) is 31.2 Å². The minimum Gasteiger partial charge on any atom is -0.467 e. The molecule has 1 amide bonds. The SMILES string of the molecule is COC(=O)C1Cc2ccccc2CN1C(=O)CN1CCN(Cc2csc(C)n2)CC1. The standard InChI is InChI=1S/C22H28N4O3S/c1-16-23-19(15-30-16)13-24-7-9-25(10-8-24)14-21(27)26-12-18-6-4-3-5-17(18)11-20(26)22(28)29-2/h3-6,15,20H,7-14H2,1-2H3. The van der Waals surface area contributed by atoms with E-state index >= 15 is 0 Å². The van der Waals surface area contributed by atoms with Gasteiger partial charge in [0.05, 0.1) is 24.4 Å². The maximum atomic E-state index is 13.1. The van der Waals surface area contributed by atoms with Crippen LogP contribution in [0.1, 0.15) is 21.8 Å². The normalized spacial score (nSPS) is 20.1. The van der Waals surface area contributed by atoms with Crippen LogP contribution in [-0.4, -0.2) is 77.4 Å². The molecule has 0 radical (unpaired) electrons. The van der Waals surface area contributed by atoms with Crippen molar-refractivity contribution in [3.8, 4) is 0 Å². The number of esters is 1. The monoisotopic (exact) mass is 428 g/mol. The third kappa shape index (κ3) is 4.71. The fourth-order valence-corrected chi connectivity index (χ4v) is 4.83. The predicted molar refractivity (Wildman–Crippen MR) is 115 cm³/mol. The number of benzene rings is 1. The Morgan fingerprint density at radius 1 is 1.13 bits per heavy atom. The molecule has 2 aromatic rings. The summed E-state index contributed by atoms with van der Waals surface area (Å²) in [6.07, 6.45) is 0.509. The summed E-state index contributed by atoms with van der Waals surface area (Å²) in [4.78, 5) is 36.3. The summed E-state index contributed by atoms with van der Waals surface area (Å²) in [6, 6.07) is 7.45. The zero-order valence-corrected chi connectivity index (χ0v) is 18.4. The number of amides is 1. The molecule has 0 saturated carbocycles. The van der Waals surface area contributed by atoms with Gasteiger partial charge in [-0.1, -0.05) is 24.3 Å². The molecule has 1 fully saturated rings. The lowest BCUT2D eigenvalue weighted by atomic mass is 9.94. The molecule has 1 unspecified atom stereocenters. The average Bonchev–Trinajstić information content (AvgIpc) is 3.18. The van der Waals surface area contributed by atoms with E-state index < -0.39 is 6.04 Å². The first-order valence-corrected chi connectivity index (χ1v) is 11.2. The quantitative estimate of drug-likeness (QED) is 0.676. The number of aryl methyl sites for hydroxylation is 1. The van der Waals surface area contributed by atoms with Crippen molar-refractivity contribution < 1.29 is 14.3 Å². The van der Waals surface area contributed by atoms with Crippen molar-refractivity contribution in [1.29, 1.82) is 0 Å². The van der Waals surface area contributed by atoms with Crippen LogP contribution in [0.15, 0.2) is 29.6 Å². The molecule has 1 aromatic heterocycles. The van der Waals surface area contributed by atoms with E-state index in [1.54, 1.807) is 16.2 Å². The second kappa shape index (κ2) is 9.24. The second-order valence-electron chi connectivity index (χ2n) is 7.94. The van der Waals surface area contributed by atoms with Crippen LogP contribution in [0.5, 0.6) is 0 Å². The van der Waals surface area contributed by atoms with Crippen molar-refractivity contribution in [2.75, 3.05) is 39.8 Å². The van der Waals surface area contributed by atoms with Crippen LogP contribution in [0.4, 0.5) is 0 Å². The predicted octanol–water partition coefficient (Wildman–Crippen LogP) is 1.70. The lowest BCUT2D eigenvalue weighted by Crippen LogP contribution is -2.54. The van der Waals surface area contributed by atoms with E-state index in [4.69, 9.17) is 4.74 Å². The molecule has 0 N–H and O–H groups in total. The van der Waals surface area contributed by atoms with Gasteiger partial charge < -0.3 is 9.64 Å². The molecule has 0 spiro atoms. The summed E-state index contributed by atoms with van der Waals surface area (Å²) in [5.41, 5.74) is 3.34. The first-order valence-electron chi connectivity index (χ1n) is 10.3. The Kier molecular flexibility index (Phi) is 6.46. The van der Waals surface area contributed by atoms with Gasteiger partial charge in [-0.2, -0.15) is 0 Å². The van der Waals surface area contributed by atoms with Crippen LogP contribution >= 0.6 is 11.3 Å². The summed E-state index contributed by atoms with van der Waals surface area (Å²) in [7, 11) is 1.38. The fraction of sp³-hybridized carbons (Fsp3) is 0.500. The second-order valence-corrected chi connectivity index (χ2v) is 9.01. The van der Waals surface area contributed by atoms with E-state index in [2.05, 4.69) is 20.2 Å². The molecule has 2 aliphatic rings. The number of fused-ring (bicyclic) bond motifs is 1. The highest BCUT2D eigenvalue weighted by Crippen LogP contribution is 2.24. The summed E-state index contributed by atoms with van der Waals surface area (Å²) in [6.45, 7) is 7.17. The highest BCUT2D eigenvalue weighted by Gasteiger charge is 2.36. The Morgan fingerprint density at radius 3 is 2.50 bits per heavy atom. The molecule has 30 heavy (non-hydrogen) atoms. The van der Waals surface area contributed by atoms with Gasteiger partial charge in [0.25, 0.3) is 0 Å². The molecule has 160 valence electrons. The van der Waals surface area contributed by atoms with Crippen LogP contribution in [0.25, 0.3) is 0 Å². The largest absolute Gasteiger partial charge is 0.467 e. The number of piperazine rings is 1. The lowest BCUT2D eigenvalue weighted by Gasteiger charge is -2.38. The molecule has 7 nitrogen and oxygen atoms in total. The lowest BCUT2D eigenvalue weighted by molar-refractivity contribution is -0.154. The average molecular weight is 429 g/mol. The van der Waals surface area contributed by atoms with Crippen molar-refractivity contribution in [1.82, 2.24) is 19.7 Å². The highest BCUT2D eigenvalue weighted by molar-refractivity contribution is 7.09. The Labute approximate surface area is 181 Å². The molecular weight excluding hydrogens is 400 g/mol. The molecule has 4 rings (SSSR count). The van der Waals surface area contributed by atoms with Crippen LogP contribution in [0.3, 0.4) is 0 Å². The number of nitrogens with zero attached hydrogens (tertiary/aromatic N) is 4. The third-order valence-electron chi connectivity index (χ3n) is 5.92. The minimum absolute atomic E-state index is 0.0107. The van der Waals surface area contributed by atoms with E-state index in [1.165, 1.54) is 7.11 Å². The van der Waals surface area contributed by atoms with Gasteiger partial charge in [-0.15, -0.1) is 11.3 Å². The van der Waals surface area contributed by atoms with Gasteiger partial charge in [0, 0.05) is 51.1 Å². The summed E-state index contributed by atoms with van der Waals surface area (Å²) >= 11 is 1.68. The maximum absolute atomic E-state index is 13.1. The highest BCUT2D eigenvalue weighted by atomic mass is 32.1. The van der Waals surface area contributed by atoms with E-state index in [0.717, 1.165) is 54.6 Å². The van der Waals surface area contributed by atoms with Crippen molar-refractivity contribution in [2.24, 2.45) is 0 Å². The summed E-state index contributed by atoms with van der Waals surface area (Å²) < 4.78 is 4.99. The van der Waals surface area contributed by atoms with Gasteiger partial charge in [-0.25, -0.2) is 9.78 Å². The van der Waals surface area contributed by atoms with Crippen molar-refractivity contribution in [2.45, 2.75) is 32.5 Å². The summed E-state index contributed by atoms with van der Waals surface area (Å²) in [5, 5.41) is 3.21. The molecule has 0 aliphatic carbocycles. The van der Waals surface area contributed by atoms with Gasteiger partial charge in [0.1, 0.15) is 6.04 Å². The van der Waals surface area contributed by atoms with Gasteiger partial charge >= 0.3 is 5.97 Å². The van der Waals surface area contributed by atoms with E-state index in [0.29, 0.717) is 19.5 Å². The molecular formula is C22H28N4O3S. The zero-order chi connectivity index (χ0) is 21.1. The van der Waals surface area contributed by atoms with Gasteiger partial charge in [0.2, 0.25) is 5.91 Å². The number of ether oxygens (including phenoxy) is 1. The van der Waals surface area contributed by atoms with Crippen LogP contribution < -0.4 is 0 Å². The topological polar surface area (TPSA) is 66.0 Å². The fourth-order valence-electron chi connectivity index (χ4n) is 4.23. The number of methoxy groups -OCH3 is 1. The number of carbonyl (C=O) groups is 2. The number of thiazole rings is 1. The Balaban J connectivity index is 1.35. The number of hydrogen-bond donors (Lipinski definition) is 0. The Bertz CT molecular complexity index is 907. The Morgan fingerprint density at radius 2 is 1.83 bits per heavy atom. The molecule has 2 aliphatic heterocycles. The van der Waals surface area contributed by atoms with Crippen molar-refractivity contribution >= 4 is 23.2 Å². The van der Waals surface area contributed by atoms with Crippen LogP contribution in [0, 0.1) is 6.92 Å². The Hall–Kier alpha value is -2.29. The third-order valence-corrected chi connectivity index (χ3v) is 6.74. The van der Waals surface area contributed by atoms with E-state index in [-0.39, 0.29) is 11.9 Å². The smallest absolute Gasteiger partial charge is 0.328 e.